The Labute approximate surface area is 109 Å². The first-order valence-corrected chi connectivity index (χ1v) is 5.86. The molecule has 0 saturated carbocycles. The van der Waals surface area contributed by atoms with Crippen molar-refractivity contribution in [1.29, 1.82) is 0 Å². The lowest BCUT2D eigenvalue weighted by molar-refractivity contribution is -0.185. The lowest BCUT2D eigenvalue weighted by Crippen LogP contribution is -2.59. The Bertz CT molecular complexity index is 412. The van der Waals surface area contributed by atoms with E-state index in [1.807, 2.05) is 0 Å². The molecule has 19 heavy (non-hydrogen) atoms. The van der Waals surface area contributed by atoms with Crippen molar-refractivity contribution in [1.82, 2.24) is 10.2 Å². The predicted octanol–water partition coefficient (Wildman–Crippen LogP) is -2.57. The zero-order chi connectivity index (χ0) is 14.4. The van der Waals surface area contributed by atoms with Crippen LogP contribution in [-0.4, -0.2) is 67.7 Å². The average Bonchev–Trinajstić information content (AvgIpc) is 2.51. The van der Waals surface area contributed by atoms with Crippen LogP contribution in [0.1, 0.15) is 13.8 Å². The molecule has 0 bridgehead atoms. The number of rotatable bonds is 2. The molecule has 1 amide bonds. The summed E-state index contributed by atoms with van der Waals surface area (Å²) in [6.45, 7) is 2.28. The van der Waals surface area contributed by atoms with Gasteiger partial charge in [-0.15, -0.1) is 0 Å². The molecule has 2 heterocycles. The molecule has 5 N–H and O–H groups in total. The molecular formula is C11H18N2O6. The van der Waals surface area contributed by atoms with Gasteiger partial charge in [-0.3, -0.25) is 4.79 Å². The Kier molecular flexibility index (Phi) is 3.31. The van der Waals surface area contributed by atoms with Crippen molar-refractivity contribution < 1.29 is 30.0 Å². The van der Waals surface area contributed by atoms with Crippen LogP contribution in [0, 0.1) is 0 Å². The molecule has 0 radical (unpaired) electrons. The van der Waals surface area contributed by atoms with Gasteiger partial charge in [0.2, 0.25) is 12.3 Å². The van der Waals surface area contributed by atoms with Crippen molar-refractivity contribution in [3.05, 3.63) is 12.3 Å². The summed E-state index contributed by atoms with van der Waals surface area (Å²) >= 11 is 0. The van der Waals surface area contributed by atoms with Crippen molar-refractivity contribution in [2.24, 2.45) is 0 Å². The minimum Gasteiger partial charge on any atom is -0.393 e. The third kappa shape index (κ3) is 2.11. The number of aliphatic hydroxyl groups excluding tert-OH is 3. The summed E-state index contributed by atoms with van der Waals surface area (Å²) in [5.41, 5.74) is -3.09. The Morgan fingerprint density at radius 3 is 2.58 bits per heavy atom. The normalized spacial score (nSPS) is 46.5. The van der Waals surface area contributed by atoms with E-state index in [9.17, 15) is 25.2 Å². The Hall–Kier alpha value is -1.19. The Balaban J connectivity index is 2.30. The number of nitrogens with one attached hydrogen (secondary N) is 1. The molecule has 108 valence electrons. The first-order chi connectivity index (χ1) is 8.72. The molecule has 0 spiro atoms. The quantitative estimate of drug-likeness (QED) is 0.375. The van der Waals surface area contributed by atoms with Crippen LogP contribution in [0.3, 0.4) is 0 Å². The van der Waals surface area contributed by atoms with Gasteiger partial charge in [-0.05, 0) is 13.8 Å². The fraction of sp³-hybridized carbons (Fsp3) is 0.727. The van der Waals surface area contributed by atoms with E-state index in [4.69, 9.17) is 4.74 Å². The highest BCUT2D eigenvalue weighted by Crippen LogP contribution is 2.40. The number of aliphatic hydroxyl groups is 4. The van der Waals surface area contributed by atoms with E-state index in [0.29, 0.717) is 0 Å². The van der Waals surface area contributed by atoms with Crippen LogP contribution < -0.4 is 5.32 Å². The minimum atomic E-state index is -1.73. The third-order valence-electron chi connectivity index (χ3n) is 3.55. The molecule has 0 aromatic carbocycles. The summed E-state index contributed by atoms with van der Waals surface area (Å²) in [6, 6.07) is 0. The van der Waals surface area contributed by atoms with Gasteiger partial charge in [0.1, 0.15) is 17.3 Å². The first-order valence-electron chi connectivity index (χ1n) is 5.86. The van der Waals surface area contributed by atoms with E-state index in [1.165, 1.54) is 20.0 Å². The molecule has 1 saturated heterocycles. The average molecular weight is 274 g/mol. The van der Waals surface area contributed by atoms with E-state index >= 15 is 0 Å². The molecule has 1 unspecified atom stereocenters. The number of ether oxygens (including phenoxy) is 1. The lowest BCUT2D eigenvalue weighted by atomic mass is 9.89. The van der Waals surface area contributed by atoms with Crippen molar-refractivity contribution in [3.63, 3.8) is 0 Å². The summed E-state index contributed by atoms with van der Waals surface area (Å²) in [5.74, 6) is -0.480. The van der Waals surface area contributed by atoms with Gasteiger partial charge >= 0.3 is 0 Å². The maximum atomic E-state index is 11.1. The molecule has 0 aromatic rings. The molecular weight excluding hydrogens is 256 g/mol. The molecule has 0 aromatic heterocycles. The second-order valence-electron chi connectivity index (χ2n) is 5.21. The molecule has 8 heteroatoms. The summed E-state index contributed by atoms with van der Waals surface area (Å²) < 4.78 is 5.48. The summed E-state index contributed by atoms with van der Waals surface area (Å²) in [7, 11) is 0. The van der Waals surface area contributed by atoms with Crippen LogP contribution in [0.5, 0.6) is 0 Å². The molecule has 5 atom stereocenters. The van der Waals surface area contributed by atoms with Crippen molar-refractivity contribution >= 4 is 5.91 Å². The first kappa shape index (κ1) is 14.2. The highest BCUT2D eigenvalue weighted by atomic mass is 16.6. The van der Waals surface area contributed by atoms with Crippen LogP contribution in [0.25, 0.3) is 0 Å². The molecule has 0 aliphatic carbocycles. The molecule has 2 rings (SSSR count). The number of carbonyl (C=O) groups excluding carboxylic acids is 1. The van der Waals surface area contributed by atoms with Crippen LogP contribution >= 0.6 is 0 Å². The molecule has 1 fully saturated rings. The van der Waals surface area contributed by atoms with Gasteiger partial charge in [0.25, 0.3) is 0 Å². The minimum absolute atomic E-state index is 0.480. The van der Waals surface area contributed by atoms with Crippen LogP contribution in [0.15, 0.2) is 12.3 Å². The predicted molar refractivity (Wildman–Crippen MR) is 62.1 cm³/mol. The van der Waals surface area contributed by atoms with Gasteiger partial charge in [0.05, 0.1) is 6.61 Å². The van der Waals surface area contributed by atoms with Crippen LogP contribution in [-0.2, 0) is 9.53 Å². The maximum absolute atomic E-state index is 11.1. The number of nitrogens with zero attached hydrogens (tertiary/aromatic N) is 1. The van der Waals surface area contributed by atoms with Gasteiger partial charge < -0.3 is 35.4 Å². The lowest BCUT2D eigenvalue weighted by Gasteiger charge is -2.39. The molecule has 2 aliphatic heterocycles. The van der Waals surface area contributed by atoms with Gasteiger partial charge in [0, 0.05) is 12.3 Å². The number of amides is 1. The highest BCUT2D eigenvalue weighted by Gasteiger charge is 2.60. The third-order valence-corrected chi connectivity index (χ3v) is 3.55. The van der Waals surface area contributed by atoms with Gasteiger partial charge in [-0.1, -0.05) is 0 Å². The second-order valence-corrected chi connectivity index (χ2v) is 5.21. The standard InChI is InChI=1S/C11H18N2O6/c1-10(5-14)7(16)11(2,18)8(19-10)13-4-3-6(15)12-9(13)17/h3-4,7-9,14,16-18H,5H2,1-2H3,(H,12,15)/t7-,8-,9?,10-,11-/m1/s1. The zero-order valence-corrected chi connectivity index (χ0v) is 10.6. The van der Waals surface area contributed by atoms with Crippen LogP contribution in [0.2, 0.25) is 0 Å². The fourth-order valence-corrected chi connectivity index (χ4v) is 2.37. The van der Waals surface area contributed by atoms with E-state index < -0.39 is 42.4 Å². The number of carbonyl (C=O) groups is 1. The maximum Gasteiger partial charge on any atom is 0.248 e. The second kappa shape index (κ2) is 4.43. The van der Waals surface area contributed by atoms with Crippen molar-refractivity contribution in [2.75, 3.05) is 6.61 Å². The summed E-state index contributed by atoms with van der Waals surface area (Å²) in [5, 5.41) is 41.7. The SMILES string of the molecule is C[C@]1(O)[C@H](N2C=CC(=O)NC2O)O[C@](C)(CO)[C@H]1O. The van der Waals surface area contributed by atoms with Crippen molar-refractivity contribution in [3.8, 4) is 0 Å². The molecule has 8 nitrogen and oxygen atoms in total. The zero-order valence-electron chi connectivity index (χ0n) is 10.6. The number of hydrogen-bond acceptors (Lipinski definition) is 7. The van der Waals surface area contributed by atoms with E-state index in [0.717, 1.165) is 11.0 Å². The smallest absolute Gasteiger partial charge is 0.248 e. The van der Waals surface area contributed by atoms with Crippen molar-refractivity contribution in [2.45, 2.75) is 43.7 Å². The highest BCUT2D eigenvalue weighted by molar-refractivity contribution is 5.88. The van der Waals surface area contributed by atoms with Gasteiger partial charge in [0.15, 0.2) is 6.23 Å². The molecule has 2 aliphatic rings. The summed E-state index contributed by atoms with van der Waals surface area (Å²) in [6.07, 6.45) is -1.44. The van der Waals surface area contributed by atoms with Crippen LogP contribution in [0.4, 0.5) is 0 Å². The largest absolute Gasteiger partial charge is 0.393 e. The van der Waals surface area contributed by atoms with E-state index in [-0.39, 0.29) is 0 Å². The van der Waals surface area contributed by atoms with E-state index in [1.54, 1.807) is 0 Å². The monoisotopic (exact) mass is 274 g/mol. The Morgan fingerprint density at radius 1 is 1.47 bits per heavy atom. The Morgan fingerprint density at radius 2 is 2.11 bits per heavy atom. The number of hydrogen-bond donors (Lipinski definition) is 5. The topological polar surface area (TPSA) is 122 Å². The summed E-state index contributed by atoms with van der Waals surface area (Å²) in [4.78, 5) is 12.2. The fourth-order valence-electron chi connectivity index (χ4n) is 2.37. The van der Waals surface area contributed by atoms with E-state index in [2.05, 4.69) is 5.32 Å². The van der Waals surface area contributed by atoms with Gasteiger partial charge in [-0.25, -0.2) is 0 Å². The van der Waals surface area contributed by atoms with Gasteiger partial charge in [-0.2, -0.15) is 0 Å².